The van der Waals surface area contributed by atoms with Crippen LogP contribution in [-0.2, 0) is 15.7 Å². The quantitative estimate of drug-likeness (QED) is 0.487. The molecule has 1 aromatic carbocycles. The molecule has 0 atom stereocenters. The first-order valence-electron chi connectivity index (χ1n) is 5.38. The van der Waals surface area contributed by atoms with E-state index in [2.05, 4.69) is 9.47 Å². The highest BCUT2D eigenvalue weighted by Gasteiger charge is 2.37. The lowest BCUT2D eigenvalue weighted by molar-refractivity contribution is -0.139. The Labute approximate surface area is 117 Å². The molecule has 0 saturated heterocycles. The van der Waals surface area contributed by atoms with Crippen LogP contribution < -0.4 is 4.74 Å². The van der Waals surface area contributed by atoms with E-state index in [0.717, 1.165) is 13.2 Å². The van der Waals surface area contributed by atoms with Crippen molar-refractivity contribution in [3.8, 4) is 5.75 Å². The van der Waals surface area contributed by atoms with E-state index in [1.54, 1.807) is 0 Å². The number of ketones is 1. The van der Waals surface area contributed by atoms with Crippen LogP contribution in [0.2, 0.25) is 5.02 Å². The van der Waals surface area contributed by atoms with Crippen LogP contribution in [0.5, 0.6) is 5.75 Å². The smallest absolute Gasteiger partial charge is 0.420 e. The molecule has 0 fully saturated rings. The standard InChI is InChI=1S/C12H10ClF3O4/c1-3-20-11(18)9(17)7-4-6(13)5-8(10(7)19-2)12(14,15)16/h4-5H,3H2,1-2H3. The molecule has 0 unspecified atom stereocenters. The number of carbonyl (C=O) groups excluding carboxylic acids is 2. The molecule has 1 aromatic rings. The molecular formula is C12H10ClF3O4. The fourth-order valence-electron chi connectivity index (χ4n) is 1.50. The van der Waals surface area contributed by atoms with E-state index in [4.69, 9.17) is 11.6 Å². The van der Waals surface area contributed by atoms with Gasteiger partial charge in [-0.1, -0.05) is 11.6 Å². The van der Waals surface area contributed by atoms with Gasteiger partial charge in [-0.3, -0.25) is 4.79 Å². The number of halogens is 4. The van der Waals surface area contributed by atoms with Crippen molar-refractivity contribution in [2.75, 3.05) is 13.7 Å². The highest BCUT2D eigenvalue weighted by Crippen LogP contribution is 2.40. The number of hydrogen-bond donors (Lipinski definition) is 0. The molecule has 20 heavy (non-hydrogen) atoms. The van der Waals surface area contributed by atoms with Crippen LogP contribution in [-0.4, -0.2) is 25.5 Å². The SMILES string of the molecule is CCOC(=O)C(=O)c1cc(Cl)cc(C(F)(F)F)c1OC. The second-order valence-corrected chi connectivity index (χ2v) is 4.02. The largest absolute Gasteiger partial charge is 0.495 e. The topological polar surface area (TPSA) is 52.6 Å². The molecule has 4 nitrogen and oxygen atoms in total. The minimum atomic E-state index is -4.78. The number of alkyl halides is 3. The summed E-state index contributed by atoms with van der Waals surface area (Å²) in [6, 6.07) is 1.54. The summed E-state index contributed by atoms with van der Waals surface area (Å²) < 4.78 is 47.6. The molecule has 0 radical (unpaired) electrons. The summed E-state index contributed by atoms with van der Waals surface area (Å²) in [6.07, 6.45) is -4.78. The van der Waals surface area contributed by atoms with Crippen molar-refractivity contribution in [2.24, 2.45) is 0 Å². The van der Waals surface area contributed by atoms with Crippen LogP contribution in [0, 0.1) is 0 Å². The van der Waals surface area contributed by atoms with Crippen molar-refractivity contribution >= 4 is 23.4 Å². The molecule has 0 spiro atoms. The molecule has 1 rings (SSSR count). The number of rotatable bonds is 4. The Morgan fingerprint density at radius 2 is 1.90 bits per heavy atom. The summed E-state index contributed by atoms with van der Waals surface area (Å²) in [5.74, 6) is -3.29. The molecule has 0 aliphatic heterocycles. The molecular weight excluding hydrogens is 301 g/mol. The van der Waals surface area contributed by atoms with Crippen LogP contribution in [0.3, 0.4) is 0 Å². The molecule has 0 aliphatic carbocycles. The van der Waals surface area contributed by atoms with Gasteiger partial charge < -0.3 is 9.47 Å². The molecule has 0 heterocycles. The van der Waals surface area contributed by atoms with Gasteiger partial charge in [-0.05, 0) is 19.1 Å². The fourth-order valence-corrected chi connectivity index (χ4v) is 1.72. The van der Waals surface area contributed by atoms with Gasteiger partial charge in [0.25, 0.3) is 5.78 Å². The number of ether oxygens (including phenoxy) is 2. The summed E-state index contributed by atoms with van der Waals surface area (Å²) in [6.45, 7) is 1.38. The zero-order valence-corrected chi connectivity index (χ0v) is 11.3. The van der Waals surface area contributed by atoms with Crippen molar-refractivity contribution in [1.29, 1.82) is 0 Å². The van der Waals surface area contributed by atoms with Gasteiger partial charge in [0.15, 0.2) is 0 Å². The van der Waals surface area contributed by atoms with E-state index >= 15 is 0 Å². The lowest BCUT2D eigenvalue weighted by Crippen LogP contribution is -2.20. The maximum absolute atomic E-state index is 12.8. The number of hydrogen-bond acceptors (Lipinski definition) is 4. The zero-order valence-electron chi connectivity index (χ0n) is 10.5. The first-order valence-corrected chi connectivity index (χ1v) is 5.76. The summed E-state index contributed by atoms with van der Waals surface area (Å²) in [7, 11) is 0.959. The first-order chi connectivity index (χ1) is 9.22. The minimum Gasteiger partial charge on any atom is -0.495 e. The lowest BCUT2D eigenvalue weighted by atomic mass is 10.0. The molecule has 0 bridgehead atoms. The van der Waals surface area contributed by atoms with Crippen LogP contribution in [0.25, 0.3) is 0 Å². The summed E-state index contributed by atoms with van der Waals surface area (Å²) in [5, 5.41) is -0.342. The summed E-state index contributed by atoms with van der Waals surface area (Å²) >= 11 is 5.55. The molecule has 0 aromatic heterocycles. The Kier molecular flexibility index (Phi) is 4.99. The lowest BCUT2D eigenvalue weighted by Gasteiger charge is -2.15. The third-order valence-corrected chi connectivity index (χ3v) is 2.49. The summed E-state index contributed by atoms with van der Waals surface area (Å²) in [4.78, 5) is 23.1. The highest BCUT2D eigenvalue weighted by molar-refractivity contribution is 6.42. The minimum absolute atomic E-state index is 0.0837. The van der Waals surface area contributed by atoms with E-state index in [1.165, 1.54) is 6.92 Å². The van der Waals surface area contributed by atoms with Crippen LogP contribution in [0.15, 0.2) is 12.1 Å². The zero-order chi connectivity index (χ0) is 15.5. The third-order valence-electron chi connectivity index (χ3n) is 2.27. The molecule has 0 aliphatic rings. The van der Waals surface area contributed by atoms with Crippen molar-refractivity contribution in [3.05, 3.63) is 28.3 Å². The summed E-state index contributed by atoms with van der Waals surface area (Å²) in [5.41, 5.74) is -1.83. The molecule has 110 valence electrons. The second kappa shape index (κ2) is 6.13. The molecule has 0 N–H and O–H groups in total. The first kappa shape index (κ1) is 16.3. The normalized spacial score (nSPS) is 11.1. The Morgan fingerprint density at radius 1 is 1.30 bits per heavy atom. The molecule has 8 heteroatoms. The van der Waals surface area contributed by atoms with Crippen LogP contribution >= 0.6 is 11.6 Å². The fraction of sp³-hybridized carbons (Fsp3) is 0.333. The van der Waals surface area contributed by atoms with E-state index in [9.17, 15) is 22.8 Å². The number of Topliss-reactive ketones (excluding diaryl/α,β-unsaturated/α-hetero) is 1. The maximum Gasteiger partial charge on any atom is 0.420 e. The van der Waals surface area contributed by atoms with Gasteiger partial charge in [0.05, 0.1) is 24.8 Å². The average Bonchev–Trinajstić information content (AvgIpc) is 2.36. The van der Waals surface area contributed by atoms with Crippen molar-refractivity contribution < 1.29 is 32.2 Å². The van der Waals surface area contributed by atoms with Crippen LogP contribution in [0.1, 0.15) is 22.8 Å². The molecule has 0 saturated carbocycles. The number of benzene rings is 1. The monoisotopic (exact) mass is 310 g/mol. The van der Waals surface area contributed by atoms with Gasteiger partial charge in [-0.25, -0.2) is 4.79 Å². The Morgan fingerprint density at radius 3 is 2.35 bits per heavy atom. The number of methoxy groups -OCH3 is 1. The van der Waals surface area contributed by atoms with Crippen molar-refractivity contribution in [2.45, 2.75) is 13.1 Å². The number of esters is 1. The predicted molar refractivity (Wildman–Crippen MR) is 64.0 cm³/mol. The Bertz CT molecular complexity index is 540. The predicted octanol–water partition coefficient (Wildman–Crippen LogP) is 3.11. The van der Waals surface area contributed by atoms with Gasteiger partial charge in [-0.2, -0.15) is 13.2 Å². The van der Waals surface area contributed by atoms with Crippen LogP contribution in [0.4, 0.5) is 13.2 Å². The van der Waals surface area contributed by atoms with Gasteiger partial charge in [0, 0.05) is 5.02 Å². The van der Waals surface area contributed by atoms with E-state index in [-0.39, 0.29) is 11.6 Å². The van der Waals surface area contributed by atoms with E-state index in [0.29, 0.717) is 6.07 Å². The Hall–Kier alpha value is -1.76. The van der Waals surface area contributed by atoms with Gasteiger partial charge >= 0.3 is 12.1 Å². The third kappa shape index (κ3) is 3.41. The van der Waals surface area contributed by atoms with Gasteiger partial charge in [-0.15, -0.1) is 0 Å². The van der Waals surface area contributed by atoms with E-state index in [1.807, 2.05) is 0 Å². The van der Waals surface area contributed by atoms with Crippen molar-refractivity contribution in [1.82, 2.24) is 0 Å². The molecule has 0 amide bonds. The number of carbonyl (C=O) groups is 2. The average molecular weight is 311 g/mol. The second-order valence-electron chi connectivity index (χ2n) is 3.58. The van der Waals surface area contributed by atoms with E-state index < -0.39 is 34.8 Å². The van der Waals surface area contributed by atoms with Crippen molar-refractivity contribution in [3.63, 3.8) is 0 Å². The maximum atomic E-state index is 12.8. The highest BCUT2D eigenvalue weighted by atomic mass is 35.5. The van der Waals surface area contributed by atoms with Gasteiger partial charge in [0.2, 0.25) is 0 Å². The van der Waals surface area contributed by atoms with Gasteiger partial charge in [0.1, 0.15) is 5.75 Å². The Balaban J connectivity index is 3.43.